The van der Waals surface area contributed by atoms with E-state index in [1.54, 1.807) is 19.6 Å². The van der Waals surface area contributed by atoms with Gasteiger partial charge < -0.3 is 14.5 Å². The van der Waals surface area contributed by atoms with Crippen LogP contribution in [-0.2, 0) is 6.54 Å². The largest absolute Gasteiger partial charge is 0.481 e. The minimum atomic E-state index is 0.235. The monoisotopic (exact) mass is 246 g/mol. The zero-order valence-electron chi connectivity index (χ0n) is 10.7. The van der Waals surface area contributed by atoms with Crippen LogP contribution in [0.25, 0.3) is 0 Å². The van der Waals surface area contributed by atoms with Crippen LogP contribution < -0.4 is 10.1 Å². The Hall–Kier alpha value is -1.81. The third kappa shape index (κ3) is 3.11. The lowest BCUT2D eigenvalue weighted by Gasteiger charge is -2.14. The number of nitrogens with zero attached hydrogens (tertiary/aromatic N) is 1. The van der Waals surface area contributed by atoms with Crippen molar-refractivity contribution in [1.29, 1.82) is 0 Å². The van der Waals surface area contributed by atoms with Crippen LogP contribution in [0.2, 0.25) is 0 Å². The van der Waals surface area contributed by atoms with Gasteiger partial charge in [0.2, 0.25) is 5.88 Å². The van der Waals surface area contributed by atoms with Crippen LogP contribution in [0.15, 0.2) is 41.1 Å². The van der Waals surface area contributed by atoms with Gasteiger partial charge in [0.1, 0.15) is 5.76 Å². The molecule has 0 spiro atoms. The molecule has 2 aromatic heterocycles. The van der Waals surface area contributed by atoms with E-state index in [1.807, 2.05) is 24.3 Å². The zero-order chi connectivity index (χ0) is 12.8. The van der Waals surface area contributed by atoms with E-state index in [-0.39, 0.29) is 6.04 Å². The number of hydrogen-bond acceptors (Lipinski definition) is 4. The van der Waals surface area contributed by atoms with Crippen LogP contribution in [0, 0.1) is 0 Å². The van der Waals surface area contributed by atoms with E-state index in [0.29, 0.717) is 5.88 Å². The third-order valence-electron chi connectivity index (χ3n) is 2.86. The van der Waals surface area contributed by atoms with E-state index in [9.17, 15) is 0 Å². The summed E-state index contributed by atoms with van der Waals surface area (Å²) in [6.07, 6.45) is 4.44. The van der Waals surface area contributed by atoms with Gasteiger partial charge in [0.15, 0.2) is 0 Å². The first kappa shape index (κ1) is 12.6. The van der Waals surface area contributed by atoms with E-state index in [4.69, 9.17) is 9.15 Å². The first-order chi connectivity index (χ1) is 8.83. The molecule has 1 atom stereocenters. The Morgan fingerprint density at radius 1 is 1.44 bits per heavy atom. The predicted octanol–water partition coefficient (Wildman–Crippen LogP) is 2.92. The van der Waals surface area contributed by atoms with Gasteiger partial charge in [-0.05, 0) is 30.2 Å². The fourth-order valence-corrected chi connectivity index (χ4v) is 1.85. The molecule has 96 valence electrons. The molecular weight excluding hydrogens is 228 g/mol. The van der Waals surface area contributed by atoms with Gasteiger partial charge in [0.05, 0.1) is 19.4 Å². The van der Waals surface area contributed by atoms with Crippen LogP contribution >= 0.6 is 0 Å². The van der Waals surface area contributed by atoms with Crippen molar-refractivity contribution < 1.29 is 9.15 Å². The first-order valence-corrected chi connectivity index (χ1v) is 6.09. The van der Waals surface area contributed by atoms with E-state index in [0.717, 1.165) is 24.3 Å². The molecular formula is C14H18N2O2. The van der Waals surface area contributed by atoms with Gasteiger partial charge in [-0.2, -0.15) is 0 Å². The van der Waals surface area contributed by atoms with Crippen molar-refractivity contribution in [2.75, 3.05) is 7.11 Å². The van der Waals surface area contributed by atoms with Crippen molar-refractivity contribution in [2.45, 2.75) is 25.9 Å². The van der Waals surface area contributed by atoms with Crippen LogP contribution in [0.3, 0.4) is 0 Å². The molecule has 0 radical (unpaired) electrons. The molecule has 0 saturated heterocycles. The molecule has 2 rings (SSSR count). The first-order valence-electron chi connectivity index (χ1n) is 6.09. The Kier molecular flexibility index (Phi) is 4.36. The molecule has 0 saturated carbocycles. The Labute approximate surface area is 107 Å². The lowest BCUT2D eigenvalue weighted by molar-refractivity contribution is 0.393. The topological polar surface area (TPSA) is 47.3 Å². The molecule has 2 heterocycles. The molecule has 0 aliphatic rings. The highest BCUT2D eigenvalue weighted by Gasteiger charge is 2.11. The minimum Gasteiger partial charge on any atom is -0.481 e. The maximum atomic E-state index is 5.42. The molecule has 0 aromatic carbocycles. The van der Waals surface area contributed by atoms with Crippen molar-refractivity contribution in [1.82, 2.24) is 10.3 Å². The average molecular weight is 246 g/mol. The van der Waals surface area contributed by atoms with Crippen LogP contribution in [-0.4, -0.2) is 12.1 Å². The van der Waals surface area contributed by atoms with Crippen LogP contribution in [0.5, 0.6) is 5.88 Å². The van der Waals surface area contributed by atoms with E-state index in [1.165, 1.54) is 0 Å². The summed E-state index contributed by atoms with van der Waals surface area (Å²) in [5, 5.41) is 3.46. The van der Waals surface area contributed by atoms with Gasteiger partial charge in [-0.15, -0.1) is 0 Å². The van der Waals surface area contributed by atoms with Crippen molar-refractivity contribution in [3.05, 3.63) is 48.0 Å². The summed E-state index contributed by atoms with van der Waals surface area (Å²) in [5.74, 6) is 1.61. The van der Waals surface area contributed by atoms with Gasteiger partial charge in [-0.3, -0.25) is 0 Å². The van der Waals surface area contributed by atoms with Gasteiger partial charge in [-0.25, -0.2) is 4.98 Å². The number of methoxy groups -OCH3 is 1. The molecule has 4 heteroatoms. The highest BCUT2D eigenvalue weighted by atomic mass is 16.5. The second kappa shape index (κ2) is 6.21. The molecule has 0 bridgehead atoms. The van der Waals surface area contributed by atoms with Crippen molar-refractivity contribution in [2.24, 2.45) is 0 Å². The Morgan fingerprint density at radius 3 is 3.00 bits per heavy atom. The van der Waals surface area contributed by atoms with Gasteiger partial charge >= 0.3 is 0 Å². The minimum absolute atomic E-state index is 0.235. The summed E-state index contributed by atoms with van der Waals surface area (Å²) in [6.45, 7) is 2.89. The van der Waals surface area contributed by atoms with Crippen molar-refractivity contribution in [3.8, 4) is 5.88 Å². The summed E-state index contributed by atoms with van der Waals surface area (Å²) in [5.41, 5.74) is 1.15. The van der Waals surface area contributed by atoms with Gasteiger partial charge in [-0.1, -0.05) is 6.92 Å². The number of hydrogen-bond donors (Lipinski definition) is 1. The molecule has 0 amide bonds. The standard InChI is InChI=1S/C14H18N2O2/c1-3-12(13-5-4-8-18-13)16-10-11-6-7-15-14(9-11)17-2/h4-9,12,16H,3,10H2,1-2H3. The van der Waals surface area contributed by atoms with Crippen LogP contribution in [0.4, 0.5) is 0 Å². The number of nitrogens with one attached hydrogen (secondary N) is 1. The summed E-state index contributed by atoms with van der Waals surface area (Å²) in [4.78, 5) is 4.09. The van der Waals surface area contributed by atoms with E-state index < -0.39 is 0 Å². The van der Waals surface area contributed by atoms with E-state index >= 15 is 0 Å². The quantitative estimate of drug-likeness (QED) is 0.851. The van der Waals surface area contributed by atoms with Crippen molar-refractivity contribution in [3.63, 3.8) is 0 Å². The number of aromatic nitrogens is 1. The Bertz CT molecular complexity index is 468. The smallest absolute Gasteiger partial charge is 0.213 e. The number of pyridine rings is 1. The normalized spacial score (nSPS) is 12.3. The highest BCUT2D eigenvalue weighted by molar-refractivity contribution is 5.20. The zero-order valence-corrected chi connectivity index (χ0v) is 10.7. The summed E-state index contributed by atoms with van der Waals surface area (Å²) in [6, 6.07) is 8.05. The fraction of sp³-hybridized carbons (Fsp3) is 0.357. The second-order valence-electron chi connectivity index (χ2n) is 4.06. The number of ether oxygens (including phenoxy) is 1. The van der Waals surface area contributed by atoms with Gasteiger partial charge in [0.25, 0.3) is 0 Å². The number of furan rings is 1. The van der Waals surface area contributed by atoms with Crippen molar-refractivity contribution >= 4 is 0 Å². The Morgan fingerprint density at radius 2 is 2.33 bits per heavy atom. The molecule has 4 nitrogen and oxygen atoms in total. The fourth-order valence-electron chi connectivity index (χ4n) is 1.85. The molecule has 1 N–H and O–H groups in total. The van der Waals surface area contributed by atoms with Crippen LogP contribution in [0.1, 0.15) is 30.7 Å². The number of rotatable bonds is 6. The molecule has 0 fully saturated rings. The molecule has 18 heavy (non-hydrogen) atoms. The SMILES string of the molecule is CCC(NCc1ccnc(OC)c1)c1ccco1. The third-order valence-corrected chi connectivity index (χ3v) is 2.86. The average Bonchev–Trinajstić information content (AvgIpc) is 2.94. The summed E-state index contributed by atoms with van der Waals surface area (Å²) < 4.78 is 10.5. The Balaban J connectivity index is 1.97. The maximum absolute atomic E-state index is 5.42. The summed E-state index contributed by atoms with van der Waals surface area (Å²) >= 11 is 0. The molecule has 2 aromatic rings. The molecule has 1 unspecified atom stereocenters. The lowest BCUT2D eigenvalue weighted by atomic mass is 10.1. The summed E-state index contributed by atoms with van der Waals surface area (Å²) in [7, 11) is 1.62. The highest BCUT2D eigenvalue weighted by Crippen LogP contribution is 2.18. The van der Waals surface area contributed by atoms with E-state index in [2.05, 4.69) is 17.2 Å². The van der Waals surface area contributed by atoms with Gasteiger partial charge in [0, 0.05) is 18.8 Å². The second-order valence-corrected chi connectivity index (χ2v) is 4.06. The molecule has 0 aliphatic heterocycles. The maximum Gasteiger partial charge on any atom is 0.213 e. The molecule has 0 aliphatic carbocycles. The predicted molar refractivity (Wildman–Crippen MR) is 69.4 cm³/mol. The lowest BCUT2D eigenvalue weighted by Crippen LogP contribution is -2.19.